The van der Waals surface area contributed by atoms with E-state index in [4.69, 9.17) is 0 Å². The second kappa shape index (κ2) is 6.48. The van der Waals surface area contributed by atoms with E-state index in [0.717, 1.165) is 17.8 Å². The van der Waals surface area contributed by atoms with Crippen molar-refractivity contribution in [1.82, 2.24) is 0 Å². The molecule has 1 aliphatic carbocycles. The number of hydrogen-bond acceptors (Lipinski definition) is 0. The number of rotatable bonds is 8. The molecule has 2 unspecified atom stereocenters. The molecule has 0 saturated heterocycles. The summed E-state index contributed by atoms with van der Waals surface area (Å²) in [5.41, 5.74) is 0. The third-order valence-electron chi connectivity index (χ3n) is 3.52. The lowest BCUT2D eigenvalue weighted by Crippen LogP contribution is -1.91. The van der Waals surface area contributed by atoms with E-state index in [1.54, 1.807) is 6.42 Å². The van der Waals surface area contributed by atoms with Crippen LogP contribution >= 0.6 is 0 Å². The molecule has 0 aliphatic heterocycles. The topological polar surface area (TPSA) is 0 Å². The van der Waals surface area contributed by atoms with Gasteiger partial charge in [0.2, 0.25) is 0 Å². The first-order valence-electron chi connectivity index (χ1n) is 6.74. The van der Waals surface area contributed by atoms with Crippen LogP contribution in [0, 0.1) is 17.8 Å². The van der Waals surface area contributed by atoms with Crippen molar-refractivity contribution < 1.29 is 0 Å². The van der Waals surface area contributed by atoms with Crippen molar-refractivity contribution in [2.24, 2.45) is 17.8 Å². The average molecular weight is 196 g/mol. The van der Waals surface area contributed by atoms with Crippen molar-refractivity contribution >= 4 is 0 Å². The molecule has 14 heavy (non-hydrogen) atoms. The minimum atomic E-state index is 0.921. The second-order valence-electron chi connectivity index (χ2n) is 5.59. The molecule has 0 aromatic rings. The summed E-state index contributed by atoms with van der Waals surface area (Å²) < 4.78 is 0. The minimum Gasteiger partial charge on any atom is -0.0654 e. The summed E-state index contributed by atoms with van der Waals surface area (Å²) >= 11 is 0. The molecule has 0 nitrogen and oxygen atoms in total. The van der Waals surface area contributed by atoms with Gasteiger partial charge in [0.1, 0.15) is 0 Å². The lowest BCUT2D eigenvalue weighted by molar-refractivity contribution is 0.488. The molecule has 0 heterocycles. The van der Waals surface area contributed by atoms with Gasteiger partial charge in [-0.3, -0.25) is 0 Å². The van der Waals surface area contributed by atoms with Crippen LogP contribution in [0.25, 0.3) is 0 Å². The van der Waals surface area contributed by atoms with Crippen molar-refractivity contribution in [3.8, 4) is 0 Å². The van der Waals surface area contributed by atoms with E-state index in [-0.39, 0.29) is 0 Å². The molecule has 2 atom stereocenters. The Labute approximate surface area is 90.5 Å². The molecule has 0 amide bonds. The van der Waals surface area contributed by atoms with E-state index in [9.17, 15) is 0 Å². The highest BCUT2D eigenvalue weighted by Gasteiger charge is 2.35. The predicted octanol–water partition coefficient (Wildman–Crippen LogP) is 5.03. The lowest BCUT2D eigenvalue weighted by atomic mass is 10.0. The van der Waals surface area contributed by atoms with E-state index in [2.05, 4.69) is 20.8 Å². The summed E-state index contributed by atoms with van der Waals surface area (Å²) in [6, 6.07) is 0. The van der Waals surface area contributed by atoms with Crippen molar-refractivity contribution in [2.45, 2.75) is 72.1 Å². The minimum absolute atomic E-state index is 0.921. The van der Waals surface area contributed by atoms with E-state index in [1.165, 1.54) is 44.9 Å². The average Bonchev–Trinajstić information content (AvgIpc) is 2.82. The molecule has 0 radical (unpaired) electrons. The van der Waals surface area contributed by atoms with Crippen molar-refractivity contribution in [3.63, 3.8) is 0 Å². The highest BCUT2D eigenvalue weighted by molar-refractivity contribution is 4.86. The smallest absolute Gasteiger partial charge is 0.0381 e. The zero-order valence-corrected chi connectivity index (χ0v) is 10.4. The van der Waals surface area contributed by atoms with Gasteiger partial charge in [-0.05, 0) is 30.6 Å². The molecular weight excluding hydrogens is 168 g/mol. The Hall–Kier alpha value is 0. The molecule has 0 aromatic heterocycles. The molecule has 0 heteroatoms. The van der Waals surface area contributed by atoms with Gasteiger partial charge in [-0.15, -0.1) is 0 Å². The first-order chi connectivity index (χ1) is 6.74. The molecule has 0 N–H and O–H groups in total. The summed E-state index contributed by atoms with van der Waals surface area (Å²) in [4.78, 5) is 0. The van der Waals surface area contributed by atoms with Crippen molar-refractivity contribution in [2.75, 3.05) is 0 Å². The van der Waals surface area contributed by atoms with E-state index in [1.807, 2.05) is 0 Å². The first-order valence-corrected chi connectivity index (χ1v) is 6.74. The number of unbranched alkanes of at least 4 members (excludes halogenated alkanes) is 4. The second-order valence-corrected chi connectivity index (χ2v) is 5.59. The van der Waals surface area contributed by atoms with Crippen molar-refractivity contribution in [1.29, 1.82) is 0 Å². The van der Waals surface area contributed by atoms with Gasteiger partial charge in [-0.25, -0.2) is 0 Å². The predicted molar refractivity (Wildman–Crippen MR) is 64.4 cm³/mol. The molecule has 0 bridgehead atoms. The van der Waals surface area contributed by atoms with Gasteiger partial charge < -0.3 is 0 Å². The molecule has 0 spiro atoms. The summed E-state index contributed by atoms with van der Waals surface area (Å²) in [5, 5.41) is 0. The lowest BCUT2D eigenvalue weighted by Gasteiger charge is -2.03. The fourth-order valence-corrected chi connectivity index (χ4v) is 2.57. The Kier molecular flexibility index (Phi) is 5.59. The maximum absolute atomic E-state index is 2.36. The summed E-state index contributed by atoms with van der Waals surface area (Å²) in [6.07, 6.45) is 11.8. The quantitative estimate of drug-likeness (QED) is 0.478. The zero-order chi connectivity index (χ0) is 10.4. The molecule has 0 aromatic carbocycles. The molecule has 1 fully saturated rings. The normalized spacial score (nSPS) is 25.7. The molecular formula is C14H28. The van der Waals surface area contributed by atoms with E-state index in [0.29, 0.717) is 0 Å². The molecule has 84 valence electrons. The standard InChI is InChI=1S/C14H28/c1-4-5-6-7-8-9-13-11-14(13)10-12(2)3/h12-14H,4-11H2,1-3H3. The van der Waals surface area contributed by atoms with Crippen LogP contribution in [-0.4, -0.2) is 0 Å². The van der Waals surface area contributed by atoms with E-state index >= 15 is 0 Å². The SMILES string of the molecule is CCCCCCCC1CC1CC(C)C. The van der Waals surface area contributed by atoms with Gasteiger partial charge >= 0.3 is 0 Å². The van der Waals surface area contributed by atoms with Crippen LogP contribution in [0.15, 0.2) is 0 Å². The highest BCUT2D eigenvalue weighted by atomic mass is 14.4. The van der Waals surface area contributed by atoms with E-state index < -0.39 is 0 Å². The fourth-order valence-electron chi connectivity index (χ4n) is 2.57. The van der Waals surface area contributed by atoms with Crippen LogP contribution < -0.4 is 0 Å². The largest absolute Gasteiger partial charge is 0.0654 e. The van der Waals surface area contributed by atoms with Crippen LogP contribution in [0.1, 0.15) is 72.1 Å². The summed E-state index contributed by atoms with van der Waals surface area (Å²) in [5.74, 6) is 3.16. The van der Waals surface area contributed by atoms with Crippen LogP contribution in [0.5, 0.6) is 0 Å². The first kappa shape index (κ1) is 12.1. The van der Waals surface area contributed by atoms with Gasteiger partial charge in [0.05, 0.1) is 0 Å². The Bertz CT molecular complexity index is 137. The maximum Gasteiger partial charge on any atom is -0.0381 e. The monoisotopic (exact) mass is 196 g/mol. The van der Waals surface area contributed by atoms with Gasteiger partial charge in [0.25, 0.3) is 0 Å². The Morgan fingerprint density at radius 3 is 2.36 bits per heavy atom. The maximum atomic E-state index is 2.36. The third kappa shape index (κ3) is 5.02. The summed E-state index contributed by atoms with van der Waals surface area (Å²) in [6.45, 7) is 7.01. The van der Waals surface area contributed by atoms with Gasteiger partial charge in [-0.1, -0.05) is 59.3 Å². The molecule has 1 aliphatic rings. The molecule has 1 saturated carbocycles. The molecule has 1 rings (SSSR count). The highest BCUT2D eigenvalue weighted by Crippen LogP contribution is 2.46. The van der Waals surface area contributed by atoms with Crippen molar-refractivity contribution in [3.05, 3.63) is 0 Å². The Morgan fingerprint density at radius 1 is 1.00 bits per heavy atom. The third-order valence-corrected chi connectivity index (χ3v) is 3.52. The van der Waals surface area contributed by atoms with Crippen LogP contribution in [-0.2, 0) is 0 Å². The zero-order valence-electron chi connectivity index (χ0n) is 10.4. The Balaban J connectivity index is 1.85. The van der Waals surface area contributed by atoms with Crippen LogP contribution in [0.2, 0.25) is 0 Å². The van der Waals surface area contributed by atoms with Crippen LogP contribution in [0.4, 0.5) is 0 Å². The van der Waals surface area contributed by atoms with Crippen LogP contribution in [0.3, 0.4) is 0 Å². The van der Waals surface area contributed by atoms with Gasteiger partial charge in [-0.2, -0.15) is 0 Å². The number of hydrogen-bond donors (Lipinski definition) is 0. The summed E-state index contributed by atoms with van der Waals surface area (Å²) in [7, 11) is 0. The fraction of sp³-hybridized carbons (Fsp3) is 1.00. The van der Waals surface area contributed by atoms with Gasteiger partial charge in [0, 0.05) is 0 Å². The Morgan fingerprint density at radius 2 is 1.71 bits per heavy atom. The van der Waals surface area contributed by atoms with Gasteiger partial charge in [0.15, 0.2) is 0 Å².